The first-order chi connectivity index (χ1) is 9.43. The third-order valence-corrected chi connectivity index (χ3v) is 2.87. The van der Waals surface area contributed by atoms with Crippen LogP contribution >= 0.6 is 0 Å². The van der Waals surface area contributed by atoms with Crippen LogP contribution in [0.4, 0.5) is 5.69 Å². The minimum Gasteiger partial charge on any atom is -0.440 e. The molecule has 1 aromatic rings. The minimum absolute atomic E-state index is 0.102. The van der Waals surface area contributed by atoms with E-state index in [1.165, 1.54) is 12.1 Å². The standard InChI is InChI=1S/C11H8N4O5/c12-4-8-9(5-14(16)17)7-3-6(15(18)19)1-2-10(7)20-11(8)13/h1-3,9H,5,13H2/t9-/m1/s1. The molecule has 0 fully saturated rings. The number of nitrogens with two attached hydrogens (primary N) is 1. The summed E-state index contributed by atoms with van der Waals surface area (Å²) in [5.74, 6) is -1.00. The molecule has 2 N–H and O–H groups in total. The van der Waals surface area contributed by atoms with E-state index in [-0.39, 0.29) is 28.5 Å². The number of ether oxygens (including phenoxy) is 1. The van der Waals surface area contributed by atoms with Gasteiger partial charge in [0.2, 0.25) is 12.4 Å². The van der Waals surface area contributed by atoms with Crippen LogP contribution in [0, 0.1) is 31.6 Å². The highest BCUT2D eigenvalue weighted by Crippen LogP contribution is 2.39. The summed E-state index contributed by atoms with van der Waals surface area (Å²) in [6, 6.07) is 5.42. The first-order valence-corrected chi connectivity index (χ1v) is 5.41. The van der Waals surface area contributed by atoms with Crippen LogP contribution in [0.5, 0.6) is 5.75 Å². The second kappa shape index (κ2) is 4.85. The van der Waals surface area contributed by atoms with Crippen LogP contribution < -0.4 is 10.5 Å². The number of nitrogens with zero attached hydrogens (tertiary/aromatic N) is 3. The molecule has 0 saturated carbocycles. The van der Waals surface area contributed by atoms with Crippen LogP contribution in [0.2, 0.25) is 0 Å². The van der Waals surface area contributed by atoms with E-state index in [1.54, 1.807) is 6.07 Å². The normalized spacial score (nSPS) is 16.9. The number of nitriles is 1. The number of fused-ring (bicyclic) bond motifs is 1. The first kappa shape index (κ1) is 13.3. The van der Waals surface area contributed by atoms with Gasteiger partial charge in [0, 0.05) is 22.6 Å². The number of benzene rings is 1. The van der Waals surface area contributed by atoms with Crippen LogP contribution in [0.25, 0.3) is 0 Å². The number of nitro groups is 2. The predicted molar refractivity (Wildman–Crippen MR) is 65.2 cm³/mol. The van der Waals surface area contributed by atoms with E-state index in [1.807, 2.05) is 0 Å². The molecule has 1 heterocycles. The first-order valence-electron chi connectivity index (χ1n) is 5.41. The van der Waals surface area contributed by atoms with Crippen LogP contribution in [-0.2, 0) is 0 Å². The van der Waals surface area contributed by atoms with E-state index in [0.29, 0.717) is 0 Å². The van der Waals surface area contributed by atoms with Gasteiger partial charge in [-0.2, -0.15) is 5.26 Å². The Hall–Kier alpha value is -3.15. The number of hydrogen-bond donors (Lipinski definition) is 1. The maximum absolute atomic E-state index is 10.8. The van der Waals surface area contributed by atoms with Gasteiger partial charge in [-0.05, 0) is 6.07 Å². The van der Waals surface area contributed by atoms with E-state index >= 15 is 0 Å². The van der Waals surface area contributed by atoms with Gasteiger partial charge in [-0.3, -0.25) is 20.2 Å². The maximum atomic E-state index is 10.8. The Kier molecular flexibility index (Phi) is 3.22. The van der Waals surface area contributed by atoms with Crippen LogP contribution in [0.15, 0.2) is 29.7 Å². The summed E-state index contributed by atoms with van der Waals surface area (Å²) in [4.78, 5) is 20.2. The number of non-ortho nitro benzene ring substituents is 1. The summed E-state index contributed by atoms with van der Waals surface area (Å²) >= 11 is 0. The molecule has 2 rings (SSSR count). The molecule has 0 spiro atoms. The lowest BCUT2D eigenvalue weighted by Gasteiger charge is -2.23. The zero-order chi connectivity index (χ0) is 14.9. The molecule has 0 aliphatic carbocycles. The summed E-state index contributed by atoms with van der Waals surface area (Å²) in [6.45, 7) is -0.596. The molecule has 20 heavy (non-hydrogen) atoms. The largest absolute Gasteiger partial charge is 0.440 e. The quantitative estimate of drug-likeness (QED) is 0.640. The zero-order valence-corrected chi connectivity index (χ0v) is 9.98. The molecule has 0 unspecified atom stereocenters. The van der Waals surface area contributed by atoms with Crippen molar-refractivity contribution in [2.45, 2.75) is 5.92 Å². The monoisotopic (exact) mass is 276 g/mol. The number of rotatable bonds is 3. The van der Waals surface area contributed by atoms with Crippen molar-refractivity contribution in [3.63, 3.8) is 0 Å². The second-order valence-electron chi connectivity index (χ2n) is 4.04. The van der Waals surface area contributed by atoms with Gasteiger partial charge in [-0.1, -0.05) is 0 Å². The Labute approximate surface area is 112 Å². The summed E-state index contributed by atoms with van der Waals surface area (Å²) in [5.41, 5.74) is 5.42. The van der Waals surface area contributed by atoms with Gasteiger partial charge < -0.3 is 10.5 Å². The Balaban J connectivity index is 2.58. The smallest absolute Gasteiger partial charge is 0.270 e. The maximum Gasteiger partial charge on any atom is 0.270 e. The van der Waals surface area contributed by atoms with Gasteiger partial charge in [0.15, 0.2) is 0 Å². The molecule has 0 aromatic heterocycles. The van der Waals surface area contributed by atoms with Gasteiger partial charge in [-0.15, -0.1) is 0 Å². The van der Waals surface area contributed by atoms with Gasteiger partial charge in [0.25, 0.3) is 5.69 Å². The molecule has 0 radical (unpaired) electrons. The van der Waals surface area contributed by atoms with Crippen molar-refractivity contribution in [3.8, 4) is 11.8 Å². The lowest BCUT2D eigenvalue weighted by atomic mass is 9.89. The summed E-state index contributed by atoms with van der Waals surface area (Å²) < 4.78 is 5.17. The van der Waals surface area contributed by atoms with E-state index in [4.69, 9.17) is 15.7 Å². The predicted octanol–water partition coefficient (Wildman–Crippen LogP) is 1.04. The molecule has 1 atom stereocenters. The highest BCUT2D eigenvalue weighted by molar-refractivity contribution is 5.53. The van der Waals surface area contributed by atoms with Gasteiger partial charge in [0.1, 0.15) is 17.4 Å². The molecule has 102 valence electrons. The van der Waals surface area contributed by atoms with Crippen molar-refractivity contribution in [1.82, 2.24) is 0 Å². The Morgan fingerprint density at radius 3 is 2.65 bits per heavy atom. The average Bonchev–Trinajstić information content (AvgIpc) is 2.37. The average molecular weight is 276 g/mol. The topological polar surface area (TPSA) is 145 Å². The van der Waals surface area contributed by atoms with Crippen molar-refractivity contribution < 1.29 is 14.6 Å². The minimum atomic E-state index is -0.960. The molecule has 0 saturated heterocycles. The van der Waals surface area contributed by atoms with E-state index in [0.717, 1.165) is 6.07 Å². The van der Waals surface area contributed by atoms with Crippen LogP contribution in [0.1, 0.15) is 11.5 Å². The van der Waals surface area contributed by atoms with Gasteiger partial charge >= 0.3 is 0 Å². The molecule has 9 nitrogen and oxygen atoms in total. The Morgan fingerprint density at radius 1 is 1.40 bits per heavy atom. The van der Waals surface area contributed by atoms with Crippen LogP contribution in [0.3, 0.4) is 0 Å². The Morgan fingerprint density at radius 2 is 2.10 bits per heavy atom. The number of nitro benzene ring substituents is 1. The molecule has 1 aromatic carbocycles. The highest BCUT2D eigenvalue weighted by Gasteiger charge is 2.34. The Bertz CT molecular complexity index is 676. The zero-order valence-electron chi connectivity index (χ0n) is 9.98. The summed E-state index contributed by atoms with van der Waals surface area (Å²) in [6.07, 6.45) is 0. The molecular formula is C11H8N4O5. The molecular weight excluding hydrogens is 268 g/mol. The van der Waals surface area contributed by atoms with Crippen molar-refractivity contribution in [3.05, 3.63) is 55.4 Å². The molecule has 1 aliphatic heterocycles. The third kappa shape index (κ3) is 2.22. The SMILES string of the molecule is N#CC1=C(N)Oc2ccc([N+](=O)[O-])cc2[C@H]1C[N+](=O)[O-]. The van der Waals surface area contributed by atoms with Gasteiger partial charge in [0.05, 0.1) is 10.8 Å². The number of hydrogen-bond acceptors (Lipinski definition) is 7. The fraction of sp³-hybridized carbons (Fsp3) is 0.182. The van der Waals surface area contributed by atoms with E-state index in [2.05, 4.69) is 0 Å². The lowest BCUT2D eigenvalue weighted by molar-refractivity contribution is -0.482. The van der Waals surface area contributed by atoms with Gasteiger partial charge in [-0.25, -0.2) is 0 Å². The fourth-order valence-corrected chi connectivity index (χ4v) is 1.99. The molecule has 9 heteroatoms. The fourth-order valence-electron chi connectivity index (χ4n) is 1.99. The van der Waals surface area contributed by atoms with Crippen molar-refractivity contribution in [1.29, 1.82) is 5.26 Å². The van der Waals surface area contributed by atoms with Crippen molar-refractivity contribution >= 4 is 5.69 Å². The summed E-state index contributed by atoms with van der Waals surface area (Å²) in [7, 11) is 0. The second-order valence-corrected chi connectivity index (χ2v) is 4.04. The van der Waals surface area contributed by atoms with E-state index < -0.39 is 22.3 Å². The van der Waals surface area contributed by atoms with E-state index in [9.17, 15) is 20.2 Å². The summed E-state index contributed by atoms with van der Waals surface area (Å²) in [5, 5.41) is 30.5. The molecule has 1 aliphatic rings. The lowest BCUT2D eigenvalue weighted by Crippen LogP contribution is -2.24. The van der Waals surface area contributed by atoms with Crippen molar-refractivity contribution in [2.24, 2.45) is 5.73 Å². The van der Waals surface area contributed by atoms with Crippen molar-refractivity contribution in [2.75, 3.05) is 6.54 Å². The van der Waals surface area contributed by atoms with Crippen LogP contribution in [-0.4, -0.2) is 16.4 Å². The highest BCUT2D eigenvalue weighted by atomic mass is 16.6. The molecule has 0 bridgehead atoms. The third-order valence-electron chi connectivity index (χ3n) is 2.87. The molecule has 0 amide bonds.